The molecule has 0 saturated carbocycles. The fourth-order valence-corrected chi connectivity index (χ4v) is 4.72. The third-order valence-electron chi connectivity index (χ3n) is 3.56. The van der Waals surface area contributed by atoms with Gasteiger partial charge in [0.25, 0.3) is 10.0 Å². The zero-order valence-electron chi connectivity index (χ0n) is 12.8. The normalized spacial score (nSPS) is 14.9. The van der Waals surface area contributed by atoms with Crippen molar-refractivity contribution in [2.24, 2.45) is 0 Å². The molecule has 1 aromatic carbocycles. The molecule has 1 N–H and O–H groups in total. The molecule has 0 unspecified atom stereocenters. The molecule has 0 aliphatic carbocycles. The van der Waals surface area contributed by atoms with Gasteiger partial charge in [0.05, 0.1) is 13.2 Å². The topological polar surface area (TPSA) is 55.4 Å². The van der Waals surface area contributed by atoms with Crippen molar-refractivity contribution in [3.63, 3.8) is 0 Å². The maximum Gasteiger partial charge on any atom is 0.271 e. The van der Waals surface area contributed by atoms with Gasteiger partial charge in [0.1, 0.15) is 4.21 Å². The van der Waals surface area contributed by atoms with E-state index in [1.165, 1.54) is 11.3 Å². The summed E-state index contributed by atoms with van der Waals surface area (Å²) in [4.78, 5) is 1.05. The van der Waals surface area contributed by atoms with Crippen LogP contribution in [0.3, 0.4) is 0 Å². The maximum atomic E-state index is 12.5. The third-order valence-corrected chi connectivity index (χ3v) is 6.94. The number of sulfonamides is 1. The Labute approximate surface area is 135 Å². The van der Waals surface area contributed by atoms with Crippen LogP contribution in [0.5, 0.6) is 0 Å². The third kappa shape index (κ3) is 3.04. The van der Waals surface area contributed by atoms with Gasteiger partial charge in [0.15, 0.2) is 0 Å². The zero-order valence-corrected chi connectivity index (χ0v) is 14.5. The van der Waals surface area contributed by atoms with Gasteiger partial charge in [-0.2, -0.15) is 0 Å². The lowest BCUT2D eigenvalue weighted by molar-refractivity contribution is 0.134. The van der Waals surface area contributed by atoms with Crippen molar-refractivity contribution in [3.05, 3.63) is 46.3 Å². The molecule has 0 amide bonds. The average Bonchev–Trinajstić information content (AvgIpc) is 3.06. The number of nitrogens with one attached hydrogen (secondary N) is 1. The molecular formula is C16H19NO3S2. The van der Waals surface area contributed by atoms with Crippen LogP contribution in [0.4, 0.5) is 5.69 Å². The molecule has 1 aliphatic heterocycles. The Balaban J connectivity index is 1.86. The van der Waals surface area contributed by atoms with Gasteiger partial charge in [-0.25, -0.2) is 8.42 Å². The minimum Gasteiger partial charge on any atom is -0.372 e. The van der Waals surface area contributed by atoms with E-state index < -0.39 is 10.0 Å². The largest absolute Gasteiger partial charge is 0.372 e. The van der Waals surface area contributed by atoms with Crippen molar-refractivity contribution in [1.29, 1.82) is 0 Å². The molecule has 0 radical (unpaired) electrons. The van der Waals surface area contributed by atoms with Crippen molar-refractivity contribution in [3.8, 4) is 0 Å². The average molecular weight is 337 g/mol. The van der Waals surface area contributed by atoms with E-state index in [2.05, 4.69) is 25.5 Å². The van der Waals surface area contributed by atoms with Gasteiger partial charge in [0, 0.05) is 10.6 Å². The Bertz CT molecular complexity index is 801. The van der Waals surface area contributed by atoms with E-state index in [4.69, 9.17) is 4.74 Å². The van der Waals surface area contributed by atoms with Crippen molar-refractivity contribution in [2.45, 2.75) is 43.6 Å². The van der Waals surface area contributed by atoms with Crippen molar-refractivity contribution < 1.29 is 13.2 Å². The lowest BCUT2D eigenvalue weighted by atomic mass is 9.95. The fraction of sp³-hybridized carbons (Fsp3) is 0.375. The number of hydrogen-bond acceptors (Lipinski definition) is 4. The molecular weight excluding hydrogens is 318 g/mol. The summed E-state index contributed by atoms with van der Waals surface area (Å²) in [5, 5.41) is 0. The number of ether oxygens (including phenoxy) is 1. The van der Waals surface area contributed by atoms with Crippen LogP contribution in [-0.2, 0) is 33.4 Å². The molecule has 0 fully saturated rings. The summed E-state index contributed by atoms with van der Waals surface area (Å²) in [6, 6.07) is 9.09. The van der Waals surface area contributed by atoms with Gasteiger partial charge in [-0.05, 0) is 40.8 Å². The first-order chi connectivity index (χ1) is 10.3. The van der Waals surface area contributed by atoms with Crippen LogP contribution in [0, 0.1) is 0 Å². The predicted octanol–water partition coefficient (Wildman–Crippen LogP) is 3.88. The number of anilines is 1. The van der Waals surface area contributed by atoms with Crippen LogP contribution in [0.1, 0.15) is 36.8 Å². The summed E-state index contributed by atoms with van der Waals surface area (Å²) >= 11 is 1.32. The first kappa shape index (κ1) is 15.5. The number of benzene rings is 1. The van der Waals surface area contributed by atoms with E-state index in [0.717, 1.165) is 16.0 Å². The van der Waals surface area contributed by atoms with Crippen LogP contribution < -0.4 is 4.72 Å². The molecule has 1 aromatic heterocycles. The molecule has 2 aromatic rings. The van der Waals surface area contributed by atoms with E-state index in [9.17, 15) is 8.42 Å². The van der Waals surface area contributed by atoms with Gasteiger partial charge in [0.2, 0.25) is 0 Å². The first-order valence-corrected chi connectivity index (χ1v) is 9.38. The van der Waals surface area contributed by atoms with Crippen LogP contribution in [0.25, 0.3) is 0 Å². The van der Waals surface area contributed by atoms with Crippen molar-refractivity contribution in [2.75, 3.05) is 4.72 Å². The highest BCUT2D eigenvalue weighted by molar-refractivity contribution is 7.94. The Hall–Kier alpha value is -1.37. The van der Waals surface area contributed by atoms with E-state index >= 15 is 0 Å². The van der Waals surface area contributed by atoms with Gasteiger partial charge in [-0.3, -0.25) is 4.72 Å². The molecule has 4 nitrogen and oxygen atoms in total. The number of thiophene rings is 1. The Morgan fingerprint density at radius 2 is 1.82 bits per heavy atom. The summed E-state index contributed by atoms with van der Waals surface area (Å²) in [5.41, 5.74) is 2.69. The monoisotopic (exact) mass is 337 g/mol. The molecule has 22 heavy (non-hydrogen) atoms. The van der Waals surface area contributed by atoms with E-state index in [0.29, 0.717) is 23.1 Å². The summed E-state index contributed by atoms with van der Waals surface area (Å²) in [6.07, 6.45) is 0. The first-order valence-electron chi connectivity index (χ1n) is 7.08. The maximum absolute atomic E-state index is 12.5. The lowest BCUT2D eigenvalue weighted by Crippen LogP contribution is -2.12. The SMILES string of the molecule is CC(C)(C)c1ccc(S(=O)(=O)Nc2ccc3c(c2)COC3)s1. The molecule has 118 valence electrons. The minimum atomic E-state index is -3.54. The van der Waals surface area contributed by atoms with Crippen LogP contribution >= 0.6 is 11.3 Å². The predicted molar refractivity (Wildman–Crippen MR) is 88.8 cm³/mol. The zero-order chi connectivity index (χ0) is 16.0. The second kappa shape index (κ2) is 5.37. The van der Waals surface area contributed by atoms with E-state index in [-0.39, 0.29) is 5.41 Å². The van der Waals surface area contributed by atoms with Gasteiger partial charge in [-0.15, -0.1) is 11.3 Å². The van der Waals surface area contributed by atoms with E-state index in [1.54, 1.807) is 12.1 Å². The summed E-state index contributed by atoms with van der Waals surface area (Å²) in [5.74, 6) is 0. The molecule has 6 heteroatoms. The van der Waals surface area contributed by atoms with Crippen molar-refractivity contribution >= 4 is 27.0 Å². The molecule has 0 bridgehead atoms. The number of rotatable bonds is 3. The number of fused-ring (bicyclic) bond motifs is 1. The molecule has 0 atom stereocenters. The van der Waals surface area contributed by atoms with Crippen LogP contribution in [0.15, 0.2) is 34.5 Å². The Morgan fingerprint density at radius 1 is 1.09 bits per heavy atom. The van der Waals surface area contributed by atoms with Gasteiger partial charge >= 0.3 is 0 Å². The highest BCUT2D eigenvalue weighted by Crippen LogP contribution is 2.33. The summed E-state index contributed by atoms with van der Waals surface area (Å²) in [7, 11) is -3.54. The highest BCUT2D eigenvalue weighted by atomic mass is 32.2. The van der Waals surface area contributed by atoms with Crippen LogP contribution in [-0.4, -0.2) is 8.42 Å². The molecule has 0 spiro atoms. The molecule has 0 saturated heterocycles. The fourth-order valence-electron chi connectivity index (χ4n) is 2.31. The summed E-state index contributed by atoms with van der Waals surface area (Å²) < 4.78 is 33.4. The van der Waals surface area contributed by atoms with Gasteiger partial charge < -0.3 is 4.74 Å². The molecule has 3 rings (SSSR count). The van der Waals surface area contributed by atoms with Crippen LogP contribution in [0.2, 0.25) is 0 Å². The minimum absolute atomic E-state index is 0.0522. The second-order valence-electron chi connectivity index (χ2n) is 6.45. The Kier molecular flexibility index (Phi) is 3.79. The van der Waals surface area contributed by atoms with Crippen molar-refractivity contribution in [1.82, 2.24) is 0 Å². The van der Waals surface area contributed by atoms with Gasteiger partial charge in [-0.1, -0.05) is 26.8 Å². The standard InChI is InChI=1S/C16H19NO3S2/c1-16(2,3)14-6-7-15(21-14)22(18,19)17-13-5-4-11-9-20-10-12(11)8-13/h4-8,17H,9-10H2,1-3H3. The number of hydrogen-bond donors (Lipinski definition) is 1. The summed E-state index contributed by atoms with van der Waals surface area (Å²) in [6.45, 7) is 7.36. The molecule has 1 aliphatic rings. The smallest absolute Gasteiger partial charge is 0.271 e. The highest BCUT2D eigenvalue weighted by Gasteiger charge is 2.22. The van der Waals surface area contributed by atoms with E-state index in [1.807, 2.05) is 18.2 Å². The quantitative estimate of drug-likeness (QED) is 0.925. The lowest BCUT2D eigenvalue weighted by Gasteiger charge is -2.15. The Morgan fingerprint density at radius 3 is 2.50 bits per heavy atom. The second-order valence-corrected chi connectivity index (χ2v) is 9.44. The molecule has 2 heterocycles.